The Balaban J connectivity index is 1.94. The summed E-state index contributed by atoms with van der Waals surface area (Å²) in [6.07, 6.45) is 0.0665. The zero-order valence-electron chi connectivity index (χ0n) is 16.8. The molecular formula is C25H20FNO4. The molecule has 6 heteroatoms. The fraction of sp³-hybridized carbons (Fsp3) is 0.120. The zero-order chi connectivity index (χ0) is 22.0. The number of ether oxygens (including phenoxy) is 1. The molecule has 156 valence electrons. The van der Waals surface area contributed by atoms with Gasteiger partial charge in [-0.15, -0.1) is 0 Å². The number of carbonyl (C=O) groups is 2. The first kappa shape index (κ1) is 20.3. The number of rotatable bonds is 4. The van der Waals surface area contributed by atoms with Crippen LogP contribution < -0.4 is 5.32 Å². The Hall–Kier alpha value is -3.93. The van der Waals surface area contributed by atoms with E-state index in [1.807, 2.05) is 60.7 Å². The first-order chi connectivity index (χ1) is 15.0. The Bertz CT molecular complexity index is 1150. The predicted octanol–water partition coefficient (Wildman–Crippen LogP) is 4.49. The van der Waals surface area contributed by atoms with Gasteiger partial charge in [0.2, 0.25) is 5.91 Å². The van der Waals surface area contributed by atoms with E-state index in [9.17, 15) is 19.1 Å². The molecule has 1 unspecified atom stereocenters. The van der Waals surface area contributed by atoms with Crippen LogP contribution in [0.5, 0.6) is 5.75 Å². The molecule has 1 aliphatic heterocycles. The van der Waals surface area contributed by atoms with Gasteiger partial charge in [-0.05, 0) is 34.4 Å². The Labute approximate surface area is 178 Å². The summed E-state index contributed by atoms with van der Waals surface area (Å²) < 4.78 is 19.3. The average Bonchev–Trinajstić information content (AvgIpc) is 2.79. The number of allylic oxidation sites excluding steroid dienone is 1. The molecule has 0 radical (unpaired) electrons. The fourth-order valence-electron chi connectivity index (χ4n) is 3.92. The molecule has 1 heterocycles. The van der Waals surface area contributed by atoms with Crippen LogP contribution in [0.1, 0.15) is 39.4 Å². The Morgan fingerprint density at radius 2 is 1.65 bits per heavy atom. The van der Waals surface area contributed by atoms with Gasteiger partial charge in [0.25, 0.3) is 0 Å². The molecule has 5 nitrogen and oxygen atoms in total. The molecule has 0 spiro atoms. The van der Waals surface area contributed by atoms with Crippen molar-refractivity contribution < 1.29 is 23.8 Å². The summed E-state index contributed by atoms with van der Waals surface area (Å²) in [4.78, 5) is 24.4. The molecule has 2 N–H and O–H groups in total. The van der Waals surface area contributed by atoms with E-state index < -0.39 is 29.0 Å². The van der Waals surface area contributed by atoms with Crippen LogP contribution in [-0.4, -0.2) is 24.1 Å². The van der Waals surface area contributed by atoms with Crippen molar-refractivity contribution in [3.8, 4) is 5.75 Å². The molecule has 0 aromatic heterocycles. The van der Waals surface area contributed by atoms with Crippen molar-refractivity contribution in [2.24, 2.45) is 0 Å². The minimum absolute atomic E-state index is 0.0665. The summed E-state index contributed by atoms with van der Waals surface area (Å²) in [7, 11) is 1.11. The lowest BCUT2D eigenvalue weighted by Gasteiger charge is -2.30. The number of esters is 1. The summed E-state index contributed by atoms with van der Waals surface area (Å²) in [5, 5.41) is 13.3. The SMILES string of the molecule is COC(=O)c1c(O)cc(C2CC(=O)NC(c3ccccc3)=C2c2ccccc2)cc1F. The molecule has 0 saturated carbocycles. The molecule has 4 rings (SSSR count). The third kappa shape index (κ3) is 3.92. The van der Waals surface area contributed by atoms with Crippen LogP contribution in [0.25, 0.3) is 11.3 Å². The maximum absolute atomic E-state index is 14.8. The predicted molar refractivity (Wildman–Crippen MR) is 115 cm³/mol. The van der Waals surface area contributed by atoms with E-state index in [0.29, 0.717) is 11.3 Å². The van der Waals surface area contributed by atoms with Gasteiger partial charge in [-0.1, -0.05) is 60.7 Å². The molecule has 1 atom stereocenters. The van der Waals surface area contributed by atoms with Gasteiger partial charge in [0.1, 0.15) is 17.1 Å². The molecule has 3 aromatic rings. The van der Waals surface area contributed by atoms with Crippen LogP contribution in [0.15, 0.2) is 72.8 Å². The van der Waals surface area contributed by atoms with Crippen LogP contribution in [-0.2, 0) is 9.53 Å². The number of benzene rings is 3. The second-order valence-electron chi connectivity index (χ2n) is 7.21. The first-order valence-electron chi connectivity index (χ1n) is 9.75. The third-order valence-electron chi connectivity index (χ3n) is 5.30. The smallest absolute Gasteiger partial charge is 0.344 e. The zero-order valence-corrected chi connectivity index (χ0v) is 16.8. The van der Waals surface area contributed by atoms with Crippen molar-refractivity contribution in [2.75, 3.05) is 7.11 Å². The maximum Gasteiger partial charge on any atom is 0.344 e. The van der Waals surface area contributed by atoms with Crippen LogP contribution in [0.4, 0.5) is 4.39 Å². The molecular weight excluding hydrogens is 397 g/mol. The lowest BCUT2D eigenvalue weighted by Crippen LogP contribution is -2.31. The first-order valence-corrected chi connectivity index (χ1v) is 9.75. The monoisotopic (exact) mass is 417 g/mol. The number of phenols is 1. The highest BCUT2D eigenvalue weighted by Gasteiger charge is 2.32. The van der Waals surface area contributed by atoms with Crippen molar-refractivity contribution in [3.05, 3.63) is 101 Å². The summed E-state index contributed by atoms with van der Waals surface area (Å²) in [6, 6.07) is 21.4. The van der Waals surface area contributed by atoms with Crippen molar-refractivity contribution >= 4 is 23.1 Å². The van der Waals surface area contributed by atoms with E-state index in [1.165, 1.54) is 12.1 Å². The van der Waals surface area contributed by atoms with Crippen molar-refractivity contribution in [2.45, 2.75) is 12.3 Å². The third-order valence-corrected chi connectivity index (χ3v) is 5.30. The minimum Gasteiger partial charge on any atom is -0.507 e. The highest BCUT2D eigenvalue weighted by Crippen LogP contribution is 2.43. The number of methoxy groups -OCH3 is 1. The topological polar surface area (TPSA) is 75.6 Å². The van der Waals surface area contributed by atoms with Gasteiger partial charge in [0.15, 0.2) is 0 Å². The van der Waals surface area contributed by atoms with Crippen molar-refractivity contribution in [1.29, 1.82) is 0 Å². The fourth-order valence-corrected chi connectivity index (χ4v) is 3.92. The lowest BCUT2D eigenvalue weighted by molar-refractivity contribution is -0.120. The lowest BCUT2D eigenvalue weighted by atomic mass is 9.79. The number of hydrogen-bond acceptors (Lipinski definition) is 4. The van der Waals surface area contributed by atoms with E-state index in [-0.39, 0.29) is 12.3 Å². The number of halogens is 1. The normalized spacial score (nSPS) is 16.1. The van der Waals surface area contributed by atoms with Gasteiger partial charge >= 0.3 is 5.97 Å². The molecule has 1 amide bonds. The molecule has 0 bridgehead atoms. The number of amides is 1. The van der Waals surface area contributed by atoms with Gasteiger partial charge in [-0.3, -0.25) is 4.79 Å². The van der Waals surface area contributed by atoms with Crippen LogP contribution in [0.2, 0.25) is 0 Å². The molecule has 0 aliphatic carbocycles. The molecule has 0 fully saturated rings. The summed E-state index contributed by atoms with van der Waals surface area (Å²) in [6.45, 7) is 0. The molecule has 1 aliphatic rings. The molecule has 3 aromatic carbocycles. The number of aromatic hydroxyl groups is 1. The van der Waals surface area contributed by atoms with Crippen molar-refractivity contribution in [3.63, 3.8) is 0 Å². The Kier molecular flexibility index (Phi) is 5.54. The quantitative estimate of drug-likeness (QED) is 0.614. The second-order valence-corrected chi connectivity index (χ2v) is 7.21. The van der Waals surface area contributed by atoms with Gasteiger partial charge in [0.05, 0.1) is 12.8 Å². The molecule has 31 heavy (non-hydrogen) atoms. The van der Waals surface area contributed by atoms with Gasteiger partial charge in [-0.2, -0.15) is 0 Å². The number of hydrogen-bond donors (Lipinski definition) is 2. The van der Waals surface area contributed by atoms with Gasteiger partial charge < -0.3 is 15.2 Å². The summed E-state index contributed by atoms with van der Waals surface area (Å²) >= 11 is 0. The number of carbonyl (C=O) groups excluding carboxylic acids is 2. The van der Waals surface area contributed by atoms with E-state index in [0.717, 1.165) is 23.8 Å². The van der Waals surface area contributed by atoms with Crippen molar-refractivity contribution in [1.82, 2.24) is 5.32 Å². The summed E-state index contributed by atoms with van der Waals surface area (Å²) in [5.74, 6) is -3.14. The van der Waals surface area contributed by atoms with E-state index >= 15 is 0 Å². The van der Waals surface area contributed by atoms with E-state index in [2.05, 4.69) is 10.1 Å². The highest BCUT2D eigenvalue weighted by molar-refractivity contribution is 6.04. The minimum atomic E-state index is -0.966. The Morgan fingerprint density at radius 3 is 2.23 bits per heavy atom. The second kappa shape index (κ2) is 8.44. The average molecular weight is 417 g/mol. The van der Waals surface area contributed by atoms with Gasteiger partial charge in [-0.25, -0.2) is 9.18 Å². The Morgan fingerprint density at radius 1 is 1.03 bits per heavy atom. The van der Waals surface area contributed by atoms with Crippen LogP contribution in [0, 0.1) is 5.82 Å². The number of phenolic OH excluding ortho intramolecular Hbond substituents is 1. The highest BCUT2D eigenvalue weighted by atomic mass is 19.1. The van der Waals surface area contributed by atoms with E-state index in [1.54, 1.807) is 0 Å². The number of nitrogens with one attached hydrogen (secondary N) is 1. The standard InChI is InChI=1S/C25H20FNO4/c1-31-25(30)23-19(26)12-17(13-20(23)28)18-14-21(29)27-24(16-10-6-3-7-11-16)22(18)15-8-4-2-5-9-15/h2-13,18,28H,14H2,1H3,(H,27,29). The van der Waals surface area contributed by atoms with Crippen LogP contribution >= 0.6 is 0 Å². The molecule has 0 saturated heterocycles. The maximum atomic E-state index is 14.8. The van der Waals surface area contributed by atoms with Crippen LogP contribution in [0.3, 0.4) is 0 Å². The van der Waals surface area contributed by atoms with Gasteiger partial charge in [0, 0.05) is 12.3 Å². The van der Waals surface area contributed by atoms with E-state index in [4.69, 9.17) is 0 Å². The summed E-state index contributed by atoms with van der Waals surface area (Å²) in [5.41, 5.74) is 2.98. The largest absolute Gasteiger partial charge is 0.507 e.